The third-order valence-electron chi connectivity index (χ3n) is 2.73. The molecule has 1 aromatic heterocycles. The topological polar surface area (TPSA) is 70.7 Å². The lowest BCUT2D eigenvalue weighted by atomic mass is 10.1. The third-order valence-corrected chi connectivity index (χ3v) is 3.42. The minimum Gasteiger partial charge on any atom is -0.342 e. The van der Waals surface area contributed by atoms with Crippen LogP contribution in [0.5, 0.6) is 0 Å². The van der Waals surface area contributed by atoms with Gasteiger partial charge in [0.25, 0.3) is 5.91 Å². The molecule has 9 heteroatoms. The zero-order chi connectivity index (χ0) is 15.6. The van der Waals surface area contributed by atoms with Crippen LogP contribution in [0.4, 0.5) is 13.2 Å². The number of halogens is 4. The van der Waals surface area contributed by atoms with E-state index in [1.165, 1.54) is 12.4 Å². The maximum Gasteiger partial charge on any atom is 0.416 e. The van der Waals surface area contributed by atoms with Crippen molar-refractivity contribution in [2.75, 3.05) is 0 Å². The number of hydrogen-bond acceptors (Lipinski definition) is 3. The predicted molar refractivity (Wildman–Crippen MR) is 71.4 cm³/mol. The van der Waals surface area contributed by atoms with Crippen LogP contribution in [0.1, 0.15) is 34.7 Å². The van der Waals surface area contributed by atoms with Gasteiger partial charge in [-0.25, -0.2) is 4.98 Å². The highest BCUT2D eigenvalue weighted by atomic mass is 79.9. The number of hydrogen-bond donors (Lipinski definition) is 2. The number of rotatable bonds is 3. The lowest BCUT2D eigenvalue weighted by Crippen LogP contribution is -2.28. The quantitative estimate of drug-likeness (QED) is 0.881. The molecule has 2 N–H and O–H groups in total. The molecule has 5 nitrogen and oxygen atoms in total. The van der Waals surface area contributed by atoms with Gasteiger partial charge < -0.3 is 5.32 Å². The SMILES string of the molecule is CC(NC(=O)c1cc(C(F)(F)F)ccc1Br)c1ncn[nH]1. The van der Waals surface area contributed by atoms with E-state index in [2.05, 4.69) is 36.4 Å². The van der Waals surface area contributed by atoms with Crippen LogP contribution in [0.3, 0.4) is 0 Å². The Bertz CT molecular complexity index is 642. The first-order valence-electron chi connectivity index (χ1n) is 5.82. The maximum atomic E-state index is 12.7. The first kappa shape index (κ1) is 15.5. The molecule has 0 aliphatic heterocycles. The second-order valence-electron chi connectivity index (χ2n) is 4.26. The fourth-order valence-electron chi connectivity index (χ4n) is 1.64. The molecule has 0 aliphatic carbocycles. The van der Waals surface area contributed by atoms with Crippen molar-refractivity contribution in [3.63, 3.8) is 0 Å². The molecule has 0 fully saturated rings. The van der Waals surface area contributed by atoms with Crippen LogP contribution in [0.15, 0.2) is 29.0 Å². The maximum absolute atomic E-state index is 12.7. The normalized spacial score (nSPS) is 13.0. The van der Waals surface area contributed by atoms with Crippen molar-refractivity contribution in [2.24, 2.45) is 0 Å². The Morgan fingerprint density at radius 3 is 2.71 bits per heavy atom. The Hall–Kier alpha value is -1.90. The molecule has 0 saturated carbocycles. The van der Waals surface area contributed by atoms with Gasteiger partial charge in [-0.2, -0.15) is 18.3 Å². The molecule has 21 heavy (non-hydrogen) atoms. The van der Waals surface area contributed by atoms with Gasteiger partial charge >= 0.3 is 6.18 Å². The van der Waals surface area contributed by atoms with Gasteiger partial charge in [0.15, 0.2) is 0 Å². The summed E-state index contributed by atoms with van der Waals surface area (Å²) >= 11 is 3.07. The first-order valence-corrected chi connectivity index (χ1v) is 6.61. The van der Waals surface area contributed by atoms with Crippen molar-refractivity contribution in [1.82, 2.24) is 20.5 Å². The summed E-state index contributed by atoms with van der Waals surface area (Å²) in [5.74, 6) is -0.233. The standard InChI is InChI=1S/C12H10BrF3N4O/c1-6(10-17-5-18-20-10)19-11(21)8-4-7(12(14,15)16)2-3-9(8)13/h2-6H,1H3,(H,19,21)(H,17,18,20). The van der Waals surface area contributed by atoms with Crippen molar-refractivity contribution < 1.29 is 18.0 Å². The van der Waals surface area contributed by atoms with Gasteiger partial charge in [-0.1, -0.05) is 0 Å². The number of carbonyl (C=O) groups is 1. The Labute approximate surface area is 126 Å². The molecule has 112 valence electrons. The van der Waals surface area contributed by atoms with Crippen molar-refractivity contribution in [2.45, 2.75) is 19.1 Å². The van der Waals surface area contributed by atoms with E-state index in [9.17, 15) is 18.0 Å². The lowest BCUT2D eigenvalue weighted by molar-refractivity contribution is -0.137. The molecule has 1 amide bonds. The molecule has 2 aromatic rings. The summed E-state index contributed by atoms with van der Waals surface area (Å²) in [5, 5.41) is 8.77. The number of aromatic amines is 1. The molecule has 0 aliphatic rings. The number of alkyl halides is 3. The fraction of sp³-hybridized carbons (Fsp3) is 0.250. The monoisotopic (exact) mass is 362 g/mol. The van der Waals surface area contributed by atoms with Gasteiger partial charge in [0.1, 0.15) is 12.2 Å². The summed E-state index contributed by atoms with van der Waals surface area (Å²) in [6.45, 7) is 1.64. The molecule has 0 saturated heterocycles. The smallest absolute Gasteiger partial charge is 0.342 e. The van der Waals surface area contributed by atoms with E-state index < -0.39 is 23.7 Å². The number of amides is 1. The molecular formula is C12H10BrF3N4O. The average Bonchev–Trinajstić information content (AvgIpc) is 2.91. The van der Waals surface area contributed by atoms with E-state index in [0.29, 0.717) is 5.82 Å². The van der Waals surface area contributed by atoms with Gasteiger partial charge in [-0.05, 0) is 41.1 Å². The van der Waals surface area contributed by atoms with Crippen molar-refractivity contribution in [1.29, 1.82) is 0 Å². The van der Waals surface area contributed by atoms with Crippen LogP contribution < -0.4 is 5.32 Å². The molecule has 0 spiro atoms. The van der Waals surface area contributed by atoms with Gasteiger partial charge in [-0.3, -0.25) is 9.89 Å². The highest BCUT2D eigenvalue weighted by Gasteiger charge is 2.31. The predicted octanol–water partition coefficient (Wildman–Crippen LogP) is 3.08. The summed E-state index contributed by atoms with van der Waals surface area (Å²) in [6, 6.07) is 2.38. The van der Waals surface area contributed by atoms with Crippen molar-refractivity contribution >= 4 is 21.8 Å². The molecule has 0 radical (unpaired) electrons. The molecule has 1 aromatic carbocycles. The Kier molecular flexibility index (Phi) is 4.31. The number of nitrogens with one attached hydrogen (secondary N) is 2. The summed E-state index contributed by atoms with van der Waals surface area (Å²) in [7, 11) is 0. The highest BCUT2D eigenvalue weighted by Crippen LogP contribution is 2.32. The first-order chi connectivity index (χ1) is 9.79. The zero-order valence-corrected chi connectivity index (χ0v) is 12.3. The van der Waals surface area contributed by atoms with Gasteiger partial charge in [-0.15, -0.1) is 0 Å². The van der Waals surface area contributed by atoms with Crippen LogP contribution in [-0.4, -0.2) is 21.1 Å². The summed E-state index contributed by atoms with van der Waals surface area (Å²) in [5.41, 5.74) is -0.987. The van der Waals surface area contributed by atoms with E-state index >= 15 is 0 Å². The Balaban J connectivity index is 2.23. The Morgan fingerprint density at radius 2 is 2.14 bits per heavy atom. The number of H-pyrrole nitrogens is 1. The zero-order valence-electron chi connectivity index (χ0n) is 10.7. The van der Waals surface area contributed by atoms with E-state index in [1.54, 1.807) is 6.92 Å². The number of nitrogens with zero attached hydrogens (tertiary/aromatic N) is 2. The second kappa shape index (κ2) is 5.84. The average molecular weight is 363 g/mol. The van der Waals surface area contributed by atoms with E-state index in [-0.39, 0.29) is 10.0 Å². The highest BCUT2D eigenvalue weighted by molar-refractivity contribution is 9.10. The van der Waals surface area contributed by atoms with Gasteiger partial charge in [0.05, 0.1) is 17.2 Å². The molecule has 2 rings (SSSR count). The van der Waals surface area contributed by atoms with Crippen LogP contribution in [0.25, 0.3) is 0 Å². The molecule has 0 bridgehead atoms. The summed E-state index contributed by atoms with van der Waals surface area (Å²) < 4.78 is 38.3. The second-order valence-corrected chi connectivity index (χ2v) is 5.11. The van der Waals surface area contributed by atoms with E-state index in [1.807, 2.05) is 0 Å². The van der Waals surface area contributed by atoms with Crippen LogP contribution in [0, 0.1) is 0 Å². The van der Waals surface area contributed by atoms with Crippen molar-refractivity contribution in [3.05, 3.63) is 46.0 Å². The van der Waals surface area contributed by atoms with Crippen molar-refractivity contribution in [3.8, 4) is 0 Å². The summed E-state index contributed by atoms with van der Waals surface area (Å²) in [6.07, 6.45) is -3.23. The molecular weight excluding hydrogens is 353 g/mol. The van der Waals surface area contributed by atoms with Crippen LogP contribution in [-0.2, 0) is 6.18 Å². The van der Waals surface area contributed by atoms with Crippen LogP contribution in [0.2, 0.25) is 0 Å². The molecule has 1 atom stereocenters. The largest absolute Gasteiger partial charge is 0.416 e. The fourth-order valence-corrected chi connectivity index (χ4v) is 2.07. The number of aromatic nitrogens is 3. The Morgan fingerprint density at radius 1 is 1.43 bits per heavy atom. The minimum atomic E-state index is -4.51. The number of benzene rings is 1. The van der Waals surface area contributed by atoms with E-state index in [4.69, 9.17) is 0 Å². The van der Waals surface area contributed by atoms with Crippen LogP contribution >= 0.6 is 15.9 Å². The van der Waals surface area contributed by atoms with E-state index in [0.717, 1.165) is 12.1 Å². The number of carbonyl (C=O) groups excluding carboxylic acids is 1. The van der Waals surface area contributed by atoms with Gasteiger partial charge in [0.2, 0.25) is 0 Å². The molecule has 1 heterocycles. The summed E-state index contributed by atoms with van der Waals surface area (Å²) in [4.78, 5) is 15.9. The molecule has 1 unspecified atom stereocenters. The lowest BCUT2D eigenvalue weighted by Gasteiger charge is -2.14. The third kappa shape index (κ3) is 3.60. The van der Waals surface area contributed by atoms with Gasteiger partial charge in [0, 0.05) is 4.47 Å². The minimum absolute atomic E-state index is 0.101.